The Labute approximate surface area is 215 Å². The van der Waals surface area contributed by atoms with Crippen LogP contribution in [-0.2, 0) is 16.2 Å². The summed E-state index contributed by atoms with van der Waals surface area (Å²) in [5, 5.41) is 2.44. The molecule has 1 saturated heterocycles. The summed E-state index contributed by atoms with van der Waals surface area (Å²) in [6.45, 7) is 2.27. The maximum Gasteiger partial charge on any atom is 0.335 e. The second kappa shape index (κ2) is 10.3. The molecule has 0 bridgehead atoms. The summed E-state index contributed by atoms with van der Waals surface area (Å²) in [6.07, 6.45) is 1.36. The van der Waals surface area contributed by atoms with Crippen LogP contribution < -0.4 is 19.7 Å². The zero-order valence-electron chi connectivity index (χ0n) is 18.8. The molecule has 1 aliphatic rings. The van der Waals surface area contributed by atoms with E-state index in [4.69, 9.17) is 21.1 Å². The van der Waals surface area contributed by atoms with Crippen LogP contribution in [0.25, 0.3) is 6.08 Å². The van der Waals surface area contributed by atoms with E-state index in [2.05, 4.69) is 21.2 Å². The molecule has 1 aliphatic heterocycles. The van der Waals surface area contributed by atoms with Gasteiger partial charge in [0, 0.05) is 4.47 Å². The molecule has 0 radical (unpaired) electrons. The molecule has 4 rings (SSSR count). The van der Waals surface area contributed by atoms with Gasteiger partial charge in [0.1, 0.15) is 12.2 Å². The van der Waals surface area contributed by atoms with Crippen molar-refractivity contribution in [1.82, 2.24) is 5.32 Å². The number of barbiturate groups is 1. The van der Waals surface area contributed by atoms with Gasteiger partial charge in [-0.3, -0.25) is 14.9 Å². The van der Waals surface area contributed by atoms with Crippen molar-refractivity contribution in [2.24, 2.45) is 0 Å². The van der Waals surface area contributed by atoms with Gasteiger partial charge in [0.05, 0.1) is 17.8 Å². The number of benzene rings is 3. The first-order chi connectivity index (χ1) is 16.8. The number of anilines is 1. The molecule has 7 nitrogen and oxygen atoms in total. The third-order valence-corrected chi connectivity index (χ3v) is 6.02. The molecule has 178 valence electrons. The topological polar surface area (TPSA) is 84.9 Å². The van der Waals surface area contributed by atoms with Crippen LogP contribution in [0.5, 0.6) is 11.5 Å². The molecule has 1 N–H and O–H groups in total. The van der Waals surface area contributed by atoms with Gasteiger partial charge in [0.25, 0.3) is 11.8 Å². The summed E-state index contributed by atoms with van der Waals surface area (Å²) < 4.78 is 12.1. The normalized spacial score (nSPS) is 14.8. The molecule has 0 unspecified atom stereocenters. The fourth-order valence-corrected chi connectivity index (χ4v) is 4.11. The Balaban J connectivity index is 1.64. The average molecular weight is 556 g/mol. The van der Waals surface area contributed by atoms with Gasteiger partial charge < -0.3 is 9.47 Å². The lowest BCUT2D eigenvalue weighted by molar-refractivity contribution is -0.122. The molecular weight excluding hydrogens is 536 g/mol. The molecule has 0 aliphatic carbocycles. The van der Waals surface area contributed by atoms with E-state index in [1.165, 1.54) is 13.2 Å². The number of nitrogens with zero attached hydrogens (tertiary/aromatic N) is 1. The lowest BCUT2D eigenvalue weighted by Gasteiger charge is -2.26. The van der Waals surface area contributed by atoms with E-state index in [0.717, 1.165) is 20.5 Å². The number of carbonyl (C=O) groups is 3. The van der Waals surface area contributed by atoms with Crippen molar-refractivity contribution in [1.29, 1.82) is 0 Å². The Bertz CT molecular complexity index is 1350. The van der Waals surface area contributed by atoms with Crippen molar-refractivity contribution in [3.63, 3.8) is 0 Å². The van der Waals surface area contributed by atoms with Gasteiger partial charge in [-0.2, -0.15) is 0 Å². The zero-order chi connectivity index (χ0) is 25.1. The second-order valence-corrected chi connectivity index (χ2v) is 9.07. The molecule has 4 amide bonds. The van der Waals surface area contributed by atoms with E-state index in [0.29, 0.717) is 22.7 Å². The predicted octanol–water partition coefficient (Wildman–Crippen LogP) is 5.66. The number of ether oxygens (including phenoxy) is 2. The van der Waals surface area contributed by atoms with E-state index in [-0.39, 0.29) is 17.2 Å². The number of imide groups is 2. The summed E-state index contributed by atoms with van der Waals surface area (Å²) in [5.74, 6) is -0.885. The van der Waals surface area contributed by atoms with Gasteiger partial charge in [0.15, 0.2) is 11.5 Å². The molecule has 0 atom stereocenters. The predicted molar refractivity (Wildman–Crippen MR) is 137 cm³/mol. The maximum atomic E-state index is 13.1. The minimum atomic E-state index is -0.824. The number of carbonyl (C=O) groups excluding carboxylic acids is 3. The summed E-state index contributed by atoms with van der Waals surface area (Å²) >= 11 is 9.79. The Hall–Kier alpha value is -3.62. The van der Waals surface area contributed by atoms with Crippen molar-refractivity contribution in [3.05, 3.63) is 92.4 Å². The highest BCUT2D eigenvalue weighted by Gasteiger charge is 2.36. The van der Waals surface area contributed by atoms with Crippen molar-refractivity contribution in [2.75, 3.05) is 12.0 Å². The highest BCUT2D eigenvalue weighted by Crippen LogP contribution is 2.38. The van der Waals surface area contributed by atoms with Crippen LogP contribution in [-0.4, -0.2) is 25.0 Å². The van der Waals surface area contributed by atoms with Crippen LogP contribution >= 0.6 is 27.5 Å². The molecule has 0 aromatic heterocycles. The molecule has 0 spiro atoms. The number of halogens is 2. The average Bonchev–Trinajstić information content (AvgIpc) is 2.82. The monoisotopic (exact) mass is 554 g/mol. The SMILES string of the molecule is COc1cc(/C=C2/C(=O)NC(=O)N(c3ccc(Br)cc3)C2=O)cc(Cl)c1OCc1cccc(C)c1. The lowest BCUT2D eigenvalue weighted by atomic mass is 10.1. The van der Waals surface area contributed by atoms with E-state index >= 15 is 0 Å². The fourth-order valence-electron chi connectivity index (χ4n) is 3.57. The van der Waals surface area contributed by atoms with Crippen molar-refractivity contribution in [2.45, 2.75) is 13.5 Å². The zero-order valence-corrected chi connectivity index (χ0v) is 21.1. The van der Waals surface area contributed by atoms with Gasteiger partial charge in [-0.05, 0) is 60.5 Å². The number of hydrogen-bond acceptors (Lipinski definition) is 5. The standard InChI is InChI=1S/C26H20BrClN2O5/c1-15-4-3-5-16(10-15)14-35-23-21(28)12-17(13-22(23)34-2)11-20-24(31)29-26(33)30(25(20)32)19-8-6-18(27)7-9-19/h3-13H,14H2,1-2H3,(H,29,31,33)/b20-11-. The third kappa shape index (κ3) is 5.39. The largest absolute Gasteiger partial charge is 0.493 e. The minimum Gasteiger partial charge on any atom is -0.493 e. The number of rotatable bonds is 6. The summed E-state index contributed by atoms with van der Waals surface area (Å²) in [4.78, 5) is 38.9. The van der Waals surface area contributed by atoms with Gasteiger partial charge in [-0.1, -0.05) is 57.4 Å². The number of urea groups is 1. The molecule has 9 heteroatoms. The molecule has 1 fully saturated rings. The van der Waals surface area contributed by atoms with E-state index in [9.17, 15) is 14.4 Å². The van der Waals surface area contributed by atoms with Gasteiger partial charge >= 0.3 is 6.03 Å². The van der Waals surface area contributed by atoms with Crippen molar-refractivity contribution < 1.29 is 23.9 Å². The third-order valence-electron chi connectivity index (χ3n) is 5.21. The number of hydrogen-bond donors (Lipinski definition) is 1. The van der Waals surface area contributed by atoms with Crippen LogP contribution in [0.3, 0.4) is 0 Å². The molecule has 3 aromatic carbocycles. The van der Waals surface area contributed by atoms with Crippen LogP contribution in [0.15, 0.2) is 70.7 Å². The number of amides is 4. The molecule has 0 saturated carbocycles. The quantitative estimate of drug-likeness (QED) is 0.313. The number of aryl methyl sites for hydroxylation is 1. The van der Waals surface area contributed by atoms with E-state index in [1.807, 2.05) is 31.2 Å². The van der Waals surface area contributed by atoms with Gasteiger partial charge in [0.2, 0.25) is 0 Å². The Kier molecular flexibility index (Phi) is 7.23. The van der Waals surface area contributed by atoms with Crippen molar-refractivity contribution in [3.8, 4) is 11.5 Å². The molecule has 3 aromatic rings. The fraction of sp³-hybridized carbons (Fsp3) is 0.115. The van der Waals surface area contributed by atoms with E-state index < -0.39 is 17.8 Å². The summed E-state index contributed by atoms with van der Waals surface area (Å²) in [6, 6.07) is 16.8. The Morgan fingerprint density at radius 3 is 2.49 bits per heavy atom. The number of methoxy groups -OCH3 is 1. The lowest BCUT2D eigenvalue weighted by Crippen LogP contribution is -2.54. The van der Waals surface area contributed by atoms with Gasteiger partial charge in [-0.25, -0.2) is 9.69 Å². The summed E-state index contributed by atoms with van der Waals surface area (Å²) in [5.41, 5.74) is 2.61. The van der Waals surface area contributed by atoms with Crippen LogP contribution in [0.2, 0.25) is 5.02 Å². The Morgan fingerprint density at radius 2 is 1.80 bits per heavy atom. The minimum absolute atomic E-state index is 0.223. The van der Waals surface area contributed by atoms with Crippen LogP contribution in [0.4, 0.5) is 10.5 Å². The first-order valence-corrected chi connectivity index (χ1v) is 11.7. The highest BCUT2D eigenvalue weighted by molar-refractivity contribution is 9.10. The molecular formula is C26H20BrClN2O5. The van der Waals surface area contributed by atoms with Gasteiger partial charge in [-0.15, -0.1) is 0 Å². The Morgan fingerprint density at radius 1 is 1.06 bits per heavy atom. The first kappa shape index (κ1) is 24.5. The highest BCUT2D eigenvalue weighted by atomic mass is 79.9. The second-order valence-electron chi connectivity index (χ2n) is 7.75. The van der Waals surface area contributed by atoms with Crippen molar-refractivity contribution >= 4 is 57.1 Å². The molecule has 35 heavy (non-hydrogen) atoms. The number of nitrogens with one attached hydrogen (secondary N) is 1. The van der Waals surface area contributed by atoms with Crippen LogP contribution in [0.1, 0.15) is 16.7 Å². The smallest absolute Gasteiger partial charge is 0.335 e. The maximum absolute atomic E-state index is 13.1. The van der Waals surface area contributed by atoms with E-state index in [1.54, 1.807) is 36.4 Å². The van der Waals surface area contributed by atoms with Crippen LogP contribution in [0, 0.1) is 6.92 Å². The summed E-state index contributed by atoms with van der Waals surface area (Å²) in [7, 11) is 1.47. The first-order valence-electron chi connectivity index (χ1n) is 10.5. The molecule has 1 heterocycles.